The van der Waals surface area contributed by atoms with Crippen molar-refractivity contribution in [3.8, 4) is 5.75 Å². The molecule has 2 rings (SSSR count). The zero-order chi connectivity index (χ0) is 19.2. The van der Waals surface area contributed by atoms with Crippen molar-refractivity contribution in [1.29, 1.82) is 0 Å². The van der Waals surface area contributed by atoms with Crippen molar-refractivity contribution < 1.29 is 22.3 Å². The number of nitrogens with one attached hydrogen (secondary N) is 1. The van der Waals surface area contributed by atoms with Gasteiger partial charge in [-0.25, -0.2) is 12.8 Å². The minimum atomic E-state index is -4.07. The van der Waals surface area contributed by atoms with E-state index in [4.69, 9.17) is 4.74 Å². The van der Waals surface area contributed by atoms with E-state index < -0.39 is 21.7 Å². The van der Waals surface area contributed by atoms with Crippen LogP contribution in [-0.4, -0.2) is 45.9 Å². The van der Waals surface area contributed by atoms with Crippen LogP contribution in [0.3, 0.4) is 0 Å². The fourth-order valence-electron chi connectivity index (χ4n) is 2.35. The van der Waals surface area contributed by atoms with Crippen molar-refractivity contribution in [3.05, 3.63) is 59.9 Å². The zero-order valence-electron chi connectivity index (χ0n) is 14.6. The lowest BCUT2D eigenvalue weighted by molar-refractivity contribution is -0.121. The first-order valence-corrected chi connectivity index (χ1v) is 9.39. The smallest absolute Gasteiger partial charge is 0.247 e. The number of benzene rings is 2. The Bertz CT molecular complexity index is 857. The second kappa shape index (κ2) is 8.77. The first-order valence-electron chi connectivity index (χ1n) is 7.95. The molecule has 0 aromatic heterocycles. The number of carbonyl (C=O) groups is 1. The Morgan fingerprint density at radius 2 is 1.88 bits per heavy atom. The Hall–Kier alpha value is -2.45. The highest BCUT2D eigenvalue weighted by Gasteiger charge is 2.27. The maximum Gasteiger partial charge on any atom is 0.247 e. The highest BCUT2D eigenvalue weighted by atomic mass is 32.2. The lowest BCUT2D eigenvalue weighted by Crippen LogP contribution is -2.39. The largest absolute Gasteiger partial charge is 0.495 e. The molecule has 1 amide bonds. The van der Waals surface area contributed by atoms with Gasteiger partial charge in [0.1, 0.15) is 16.5 Å². The predicted molar refractivity (Wildman–Crippen MR) is 95.9 cm³/mol. The van der Waals surface area contributed by atoms with E-state index in [1.807, 2.05) is 30.3 Å². The summed E-state index contributed by atoms with van der Waals surface area (Å²) in [4.78, 5) is 11.7. The molecule has 2 aromatic rings. The van der Waals surface area contributed by atoms with E-state index in [0.717, 1.165) is 22.0 Å². The molecule has 0 unspecified atom stereocenters. The molecule has 0 aliphatic heterocycles. The summed E-state index contributed by atoms with van der Waals surface area (Å²) in [6.45, 7) is 0.0107. The summed E-state index contributed by atoms with van der Waals surface area (Å²) >= 11 is 0. The van der Waals surface area contributed by atoms with E-state index in [2.05, 4.69) is 5.32 Å². The molecule has 0 atom stereocenters. The van der Waals surface area contributed by atoms with E-state index in [1.165, 1.54) is 20.2 Å². The van der Waals surface area contributed by atoms with Gasteiger partial charge in [-0.05, 0) is 30.2 Å². The number of sulfonamides is 1. The molecule has 0 bridgehead atoms. The van der Waals surface area contributed by atoms with Gasteiger partial charge in [-0.2, -0.15) is 4.31 Å². The average Bonchev–Trinajstić information content (AvgIpc) is 2.62. The van der Waals surface area contributed by atoms with Gasteiger partial charge in [-0.1, -0.05) is 30.3 Å². The lowest BCUT2D eigenvalue weighted by Gasteiger charge is -2.18. The van der Waals surface area contributed by atoms with E-state index in [1.54, 1.807) is 0 Å². The Morgan fingerprint density at radius 1 is 1.19 bits per heavy atom. The highest BCUT2D eigenvalue weighted by molar-refractivity contribution is 7.89. The number of amides is 1. The molecular weight excluding hydrogens is 359 g/mol. The fourth-order valence-corrected chi connectivity index (χ4v) is 3.64. The Balaban J connectivity index is 1.98. The summed E-state index contributed by atoms with van der Waals surface area (Å²) in [5.74, 6) is -1.13. The molecule has 0 heterocycles. The van der Waals surface area contributed by atoms with Crippen molar-refractivity contribution in [2.75, 3.05) is 27.2 Å². The van der Waals surface area contributed by atoms with Crippen molar-refractivity contribution in [2.24, 2.45) is 0 Å². The number of ether oxygens (including phenoxy) is 1. The third-order valence-electron chi connectivity index (χ3n) is 3.76. The van der Waals surface area contributed by atoms with Crippen LogP contribution in [0.25, 0.3) is 0 Å². The standard InChI is InChI=1S/C18H21FN2O4S/c1-21(13-18(22)20-11-10-14-6-4-3-5-7-14)26(23,24)17-12-15(19)8-9-16(17)25-2/h3-9,12H,10-11,13H2,1-2H3,(H,20,22). The molecule has 1 N–H and O–H groups in total. The minimum absolute atomic E-state index is 0.0164. The number of carbonyl (C=O) groups excluding carboxylic acids is 1. The summed E-state index contributed by atoms with van der Waals surface area (Å²) in [6.07, 6.45) is 0.640. The molecule has 6 nitrogen and oxygen atoms in total. The van der Waals surface area contributed by atoms with Crippen LogP contribution in [0.1, 0.15) is 5.56 Å². The van der Waals surface area contributed by atoms with Crippen LogP contribution in [-0.2, 0) is 21.2 Å². The van der Waals surface area contributed by atoms with Crippen LogP contribution in [0.2, 0.25) is 0 Å². The molecule has 0 saturated carbocycles. The van der Waals surface area contributed by atoms with Crippen LogP contribution in [0.5, 0.6) is 5.75 Å². The quantitative estimate of drug-likeness (QED) is 0.758. The highest BCUT2D eigenvalue weighted by Crippen LogP contribution is 2.26. The van der Waals surface area contributed by atoms with Gasteiger partial charge >= 0.3 is 0 Å². The third-order valence-corrected chi connectivity index (χ3v) is 5.58. The summed E-state index contributed by atoms with van der Waals surface area (Å²) in [6, 6.07) is 12.8. The number of methoxy groups -OCH3 is 1. The number of hydrogen-bond donors (Lipinski definition) is 1. The number of nitrogens with zero attached hydrogens (tertiary/aromatic N) is 1. The average molecular weight is 380 g/mol. The Labute approximate surface area is 152 Å². The van der Waals surface area contributed by atoms with E-state index in [9.17, 15) is 17.6 Å². The Morgan fingerprint density at radius 3 is 2.54 bits per heavy atom. The molecule has 0 spiro atoms. The SMILES string of the molecule is COc1ccc(F)cc1S(=O)(=O)N(C)CC(=O)NCCc1ccccc1. The van der Waals surface area contributed by atoms with Gasteiger partial charge in [-0.3, -0.25) is 4.79 Å². The molecule has 8 heteroatoms. The first-order chi connectivity index (χ1) is 12.3. The predicted octanol–water partition coefficient (Wildman–Crippen LogP) is 1.81. The van der Waals surface area contributed by atoms with Crippen LogP contribution in [0.15, 0.2) is 53.4 Å². The van der Waals surface area contributed by atoms with Gasteiger partial charge in [0, 0.05) is 13.6 Å². The number of halogens is 1. The van der Waals surface area contributed by atoms with Gasteiger partial charge in [-0.15, -0.1) is 0 Å². The van der Waals surface area contributed by atoms with Crippen molar-refractivity contribution >= 4 is 15.9 Å². The van der Waals surface area contributed by atoms with Gasteiger partial charge in [0.05, 0.1) is 13.7 Å². The molecule has 0 aliphatic rings. The summed E-state index contributed by atoms with van der Waals surface area (Å²) in [5, 5.41) is 2.68. The monoisotopic (exact) mass is 380 g/mol. The van der Waals surface area contributed by atoms with Crippen LogP contribution >= 0.6 is 0 Å². The molecule has 140 valence electrons. The third kappa shape index (κ3) is 5.03. The molecular formula is C18H21FN2O4S. The van der Waals surface area contributed by atoms with Crippen molar-refractivity contribution in [2.45, 2.75) is 11.3 Å². The molecule has 2 aromatic carbocycles. The lowest BCUT2D eigenvalue weighted by atomic mass is 10.1. The number of likely N-dealkylation sites (N-methyl/N-ethyl adjacent to an activating group) is 1. The topological polar surface area (TPSA) is 75.7 Å². The summed E-state index contributed by atoms with van der Waals surface area (Å²) in [7, 11) is -1.51. The second-order valence-electron chi connectivity index (χ2n) is 5.64. The maximum absolute atomic E-state index is 13.4. The molecule has 0 radical (unpaired) electrons. The fraction of sp³-hybridized carbons (Fsp3) is 0.278. The molecule has 0 saturated heterocycles. The van der Waals surface area contributed by atoms with Crippen LogP contribution < -0.4 is 10.1 Å². The maximum atomic E-state index is 13.4. The summed E-state index contributed by atoms with van der Waals surface area (Å²) < 4.78 is 44.5. The van der Waals surface area contributed by atoms with Crippen LogP contribution in [0, 0.1) is 5.82 Å². The minimum Gasteiger partial charge on any atom is -0.495 e. The molecule has 0 fully saturated rings. The van der Waals surface area contributed by atoms with Gasteiger partial charge in [0.15, 0.2) is 0 Å². The summed E-state index contributed by atoms with van der Waals surface area (Å²) in [5.41, 5.74) is 1.07. The number of hydrogen-bond acceptors (Lipinski definition) is 4. The zero-order valence-corrected chi connectivity index (χ0v) is 15.4. The van der Waals surface area contributed by atoms with Crippen molar-refractivity contribution in [1.82, 2.24) is 9.62 Å². The number of rotatable bonds is 8. The first kappa shape index (κ1) is 19.9. The normalized spacial score (nSPS) is 11.4. The Kier molecular flexibility index (Phi) is 6.70. The second-order valence-corrected chi connectivity index (χ2v) is 7.66. The van der Waals surface area contributed by atoms with E-state index in [0.29, 0.717) is 13.0 Å². The molecule has 0 aliphatic carbocycles. The van der Waals surface area contributed by atoms with Crippen LogP contribution in [0.4, 0.5) is 4.39 Å². The van der Waals surface area contributed by atoms with Crippen molar-refractivity contribution in [3.63, 3.8) is 0 Å². The van der Waals surface area contributed by atoms with Gasteiger partial charge < -0.3 is 10.1 Å². The van der Waals surface area contributed by atoms with E-state index >= 15 is 0 Å². The van der Waals surface area contributed by atoms with E-state index in [-0.39, 0.29) is 17.2 Å². The van der Waals surface area contributed by atoms with Gasteiger partial charge in [0.2, 0.25) is 15.9 Å². The van der Waals surface area contributed by atoms with Gasteiger partial charge in [0.25, 0.3) is 0 Å². The molecule has 26 heavy (non-hydrogen) atoms.